The lowest BCUT2D eigenvalue weighted by Crippen LogP contribution is -1.98. The van der Waals surface area contributed by atoms with Crippen LogP contribution >= 0.6 is 15.9 Å². The second-order valence-electron chi connectivity index (χ2n) is 4.84. The van der Waals surface area contributed by atoms with Gasteiger partial charge in [-0.15, -0.1) is 0 Å². The molecule has 0 atom stereocenters. The lowest BCUT2D eigenvalue weighted by Gasteiger charge is -2.09. The van der Waals surface area contributed by atoms with E-state index in [1.165, 1.54) is 0 Å². The zero-order chi connectivity index (χ0) is 14.7. The van der Waals surface area contributed by atoms with E-state index in [9.17, 15) is 0 Å². The highest BCUT2D eigenvalue weighted by molar-refractivity contribution is 9.10. The molecule has 0 radical (unpaired) electrons. The van der Waals surface area contributed by atoms with Gasteiger partial charge in [0.15, 0.2) is 0 Å². The molecule has 0 saturated carbocycles. The number of nitrogens with two attached hydrogens (primary N) is 1. The first-order valence-electron chi connectivity index (χ1n) is 6.68. The van der Waals surface area contributed by atoms with Gasteiger partial charge >= 0.3 is 0 Å². The van der Waals surface area contributed by atoms with Gasteiger partial charge in [-0.25, -0.2) is 0 Å². The van der Waals surface area contributed by atoms with Gasteiger partial charge in [-0.1, -0.05) is 34.1 Å². The van der Waals surface area contributed by atoms with Crippen molar-refractivity contribution in [2.75, 3.05) is 5.73 Å². The van der Waals surface area contributed by atoms with Crippen LogP contribution in [0.15, 0.2) is 59.2 Å². The summed E-state index contributed by atoms with van der Waals surface area (Å²) in [5.41, 5.74) is 9.82. The van der Waals surface area contributed by atoms with Gasteiger partial charge in [0, 0.05) is 27.3 Å². The predicted octanol–water partition coefficient (Wildman–Crippen LogP) is 4.30. The van der Waals surface area contributed by atoms with Gasteiger partial charge in [-0.05, 0) is 35.9 Å². The van der Waals surface area contributed by atoms with Crippen molar-refractivity contribution < 1.29 is 4.74 Å². The number of anilines is 1. The van der Waals surface area contributed by atoms with E-state index in [-0.39, 0.29) is 0 Å². The zero-order valence-electron chi connectivity index (χ0n) is 11.4. The van der Waals surface area contributed by atoms with Crippen LogP contribution in [0, 0.1) is 0 Å². The van der Waals surface area contributed by atoms with Crippen LogP contribution < -0.4 is 5.73 Å². The Morgan fingerprint density at radius 1 is 1.05 bits per heavy atom. The summed E-state index contributed by atoms with van der Waals surface area (Å²) in [5, 5.41) is 0.973. The predicted molar refractivity (Wildman–Crippen MR) is 88.8 cm³/mol. The molecule has 3 aromatic rings. The first kappa shape index (κ1) is 14.0. The monoisotopic (exact) mass is 342 g/mol. The van der Waals surface area contributed by atoms with Crippen LogP contribution in [0.25, 0.3) is 10.9 Å². The quantitative estimate of drug-likeness (QED) is 0.719. The van der Waals surface area contributed by atoms with E-state index in [1.807, 2.05) is 42.5 Å². The number of pyridine rings is 1. The Morgan fingerprint density at radius 3 is 2.81 bits per heavy atom. The lowest BCUT2D eigenvalue weighted by atomic mass is 10.1. The SMILES string of the molecule is Nc1ccc(COCc2cccc(Br)c2)c2ncccc12. The maximum Gasteiger partial charge on any atom is 0.0777 e. The summed E-state index contributed by atoms with van der Waals surface area (Å²) >= 11 is 3.46. The van der Waals surface area contributed by atoms with Gasteiger partial charge in [0.25, 0.3) is 0 Å². The molecule has 0 amide bonds. The molecule has 1 aromatic heterocycles. The van der Waals surface area contributed by atoms with E-state index in [0.717, 1.165) is 32.2 Å². The summed E-state index contributed by atoms with van der Waals surface area (Å²) in [7, 11) is 0. The summed E-state index contributed by atoms with van der Waals surface area (Å²) in [4.78, 5) is 4.41. The van der Waals surface area contributed by atoms with E-state index in [1.54, 1.807) is 6.20 Å². The van der Waals surface area contributed by atoms with Crippen LogP contribution in [0.5, 0.6) is 0 Å². The normalized spacial score (nSPS) is 10.9. The van der Waals surface area contributed by atoms with Crippen LogP contribution in [0.1, 0.15) is 11.1 Å². The summed E-state index contributed by atoms with van der Waals surface area (Å²) in [6.07, 6.45) is 1.78. The number of halogens is 1. The Hall–Kier alpha value is -1.91. The van der Waals surface area contributed by atoms with E-state index in [4.69, 9.17) is 10.5 Å². The number of aromatic nitrogens is 1. The highest BCUT2D eigenvalue weighted by Gasteiger charge is 2.05. The Labute approximate surface area is 131 Å². The minimum Gasteiger partial charge on any atom is -0.398 e. The number of ether oxygens (including phenoxy) is 1. The minimum atomic E-state index is 0.514. The molecule has 0 saturated heterocycles. The fourth-order valence-electron chi connectivity index (χ4n) is 2.28. The van der Waals surface area contributed by atoms with Crippen LogP contribution in [-0.4, -0.2) is 4.98 Å². The maximum atomic E-state index is 5.98. The van der Waals surface area contributed by atoms with E-state index < -0.39 is 0 Å². The number of fused-ring (bicyclic) bond motifs is 1. The maximum absolute atomic E-state index is 5.98. The third kappa shape index (κ3) is 3.23. The first-order chi connectivity index (χ1) is 10.2. The number of nitrogens with zero attached hydrogens (tertiary/aromatic N) is 1. The minimum absolute atomic E-state index is 0.514. The highest BCUT2D eigenvalue weighted by atomic mass is 79.9. The molecule has 2 N–H and O–H groups in total. The molecular weight excluding hydrogens is 328 g/mol. The van der Waals surface area contributed by atoms with Crippen molar-refractivity contribution in [3.8, 4) is 0 Å². The topological polar surface area (TPSA) is 48.1 Å². The molecule has 3 nitrogen and oxygen atoms in total. The summed E-state index contributed by atoms with van der Waals surface area (Å²) < 4.78 is 6.87. The Bertz CT molecular complexity index is 774. The molecule has 3 rings (SSSR count). The lowest BCUT2D eigenvalue weighted by molar-refractivity contribution is 0.108. The summed E-state index contributed by atoms with van der Waals surface area (Å²) in [6.45, 7) is 1.08. The largest absolute Gasteiger partial charge is 0.398 e. The van der Waals surface area contributed by atoms with Crippen molar-refractivity contribution in [1.29, 1.82) is 0 Å². The third-order valence-corrected chi connectivity index (χ3v) is 3.80. The third-order valence-electron chi connectivity index (χ3n) is 3.30. The smallest absolute Gasteiger partial charge is 0.0777 e. The van der Waals surface area contributed by atoms with E-state index in [0.29, 0.717) is 13.2 Å². The second kappa shape index (κ2) is 6.24. The van der Waals surface area contributed by atoms with Crippen LogP contribution in [0.4, 0.5) is 5.69 Å². The molecule has 0 aliphatic rings. The number of rotatable bonds is 4. The van der Waals surface area contributed by atoms with Crippen molar-refractivity contribution in [2.24, 2.45) is 0 Å². The molecule has 106 valence electrons. The molecule has 0 aliphatic carbocycles. The highest BCUT2D eigenvalue weighted by Crippen LogP contribution is 2.23. The van der Waals surface area contributed by atoms with Crippen LogP contribution in [0.2, 0.25) is 0 Å². The summed E-state index contributed by atoms with van der Waals surface area (Å²) in [5.74, 6) is 0. The first-order valence-corrected chi connectivity index (χ1v) is 7.47. The molecule has 0 aliphatic heterocycles. The molecule has 0 bridgehead atoms. The van der Waals surface area contributed by atoms with Crippen molar-refractivity contribution >= 4 is 32.5 Å². The number of hydrogen-bond acceptors (Lipinski definition) is 3. The standard InChI is InChI=1S/C17H15BrN2O/c18-14-4-1-3-12(9-14)10-21-11-13-6-7-16(19)15-5-2-8-20-17(13)15/h1-9H,10-11,19H2. The Balaban J connectivity index is 1.75. The number of hydrogen-bond donors (Lipinski definition) is 1. The van der Waals surface area contributed by atoms with Crippen LogP contribution in [0.3, 0.4) is 0 Å². The van der Waals surface area contributed by atoms with E-state index in [2.05, 4.69) is 27.0 Å². The van der Waals surface area contributed by atoms with Crippen molar-refractivity contribution in [3.05, 3.63) is 70.3 Å². The number of nitrogen functional groups attached to an aromatic ring is 1. The van der Waals surface area contributed by atoms with Gasteiger partial charge in [0.05, 0.1) is 18.7 Å². The Morgan fingerprint density at radius 2 is 1.95 bits per heavy atom. The molecule has 21 heavy (non-hydrogen) atoms. The average molecular weight is 343 g/mol. The molecule has 0 fully saturated rings. The molecule has 0 unspecified atom stereocenters. The molecule has 1 heterocycles. The fourth-order valence-corrected chi connectivity index (χ4v) is 2.72. The van der Waals surface area contributed by atoms with Crippen molar-refractivity contribution in [2.45, 2.75) is 13.2 Å². The fraction of sp³-hybridized carbons (Fsp3) is 0.118. The zero-order valence-corrected chi connectivity index (χ0v) is 13.0. The van der Waals surface area contributed by atoms with Crippen LogP contribution in [-0.2, 0) is 18.0 Å². The van der Waals surface area contributed by atoms with Crippen molar-refractivity contribution in [3.63, 3.8) is 0 Å². The molecule has 4 heteroatoms. The van der Waals surface area contributed by atoms with Gasteiger partial charge in [-0.2, -0.15) is 0 Å². The number of benzene rings is 2. The summed E-state index contributed by atoms with van der Waals surface area (Å²) in [6, 6.07) is 15.9. The van der Waals surface area contributed by atoms with Gasteiger partial charge < -0.3 is 10.5 Å². The van der Waals surface area contributed by atoms with Gasteiger partial charge in [0.1, 0.15) is 0 Å². The second-order valence-corrected chi connectivity index (χ2v) is 5.75. The molecule has 0 spiro atoms. The molecule has 2 aromatic carbocycles. The van der Waals surface area contributed by atoms with Crippen molar-refractivity contribution in [1.82, 2.24) is 4.98 Å². The molecular formula is C17H15BrN2O. The van der Waals surface area contributed by atoms with E-state index >= 15 is 0 Å². The van der Waals surface area contributed by atoms with Gasteiger partial charge in [0.2, 0.25) is 0 Å². The Kier molecular flexibility index (Phi) is 4.18. The average Bonchev–Trinajstić information content (AvgIpc) is 2.50. The van der Waals surface area contributed by atoms with Gasteiger partial charge in [-0.3, -0.25) is 4.98 Å².